The molecule has 1 N–H and O–H groups in total. The molecule has 0 bridgehead atoms. The van der Waals surface area contributed by atoms with Gasteiger partial charge < -0.3 is 19.9 Å². The van der Waals surface area contributed by atoms with Crippen LogP contribution in [0, 0.1) is 0 Å². The van der Waals surface area contributed by atoms with Crippen LogP contribution in [0.15, 0.2) is 66.0 Å². The van der Waals surface area contributed by atoms with Crippen molar-refractivity contribution in [3.05, 3.63) is 70.9 Å². The number of hydrogen-bond donors (Lipinski definition) is 1. The van der Waals surface area contributed by atoms with Crippen LogP contribution < -0.4 is 19.9 Å². The summed E-state index contributed by atoms with van der Waals surface area (Å²) in [5.41, 5.74) is 2.20. The minimum Gasteiger partial charge on any atom is -0.497 e. The van der Waals surface area contributed by atoms with Gasteiger partial charge >= 0.3 is 0 Å². The number of para-hydroxylation sites is 1. The zero-order valence-electron chi connectivity index (χ0n) is 18.2. The number of fused-ring (bicyclic) bond motifs is 1. The van der Waals surface area contributed by atoms with Crippen molar-refractivity contribution in [2.75, 3.05) is 55.0 Å². The predicted molar refractivity (Wildman–Crippen MR) is 133 cm³/mol. The van der Waals surface area contributed by atoms with Crippen LogP contribution in [0.5, 0.6) is 5.75 Å². The molecule has 32 heavy (non-hydrogen) atoms. The van der Waals surface area contributed by atoms with Gasteiger partial charge in [0.05, 0.1) is 12.6 Å². The van der Waals surface area contributed by atoms with Crippen LogP contribution in [-0.4, -0.2) is 49.8 Å². The van der Waals surface area contributed by atoms with Gasteiger partial charge in [-0.3, -0.25) is 0 Å². The zero-order chi connectivity index (χ0) is 21.8. The lowest BCUT2D eigenvalue weighted by molar-refractivity contribution is 0.415. The van der Waals surface area contributed by atoms with Crippen molar-refractivity contribution in [1.82, 2.24) is 9.97 Å². The zero-order valence-corrected chi connectivity index (χ0v) is 19.0. The Morgan fingerprint density at radius 1 is 0.906 bits per heavy atom. The maximum Gasteiger partial charge on any atom is 0.228 e. The largest absolute Gasteiger partial charge is 0.497 e. The number of ether oxygens (including phenoxy) is 1. The molecule has 0 spiro atoms. The van der Waals surface area contributed by atoms with E-state index in [1.807, 2.05) is 24.3 Å². The first-order valence-corrected chi connectivity index (χ1v) is 11.8. The molecule has 0 aliphatic carbocycles. The number of hydrogen-bond acceptors (Lipinski definition) is 7. The first kappa shape index (κ1) is 20.6. The summed E-state index contributed by atoms with van der Waals surface area (Å²) in [6, 6.07) is 20.8. The summed E-state index contributed by atoms with van der Waals surface area (Å²) in [5.74, 6) is 2.60. The van der Waals surface area contributed by atoms with Gasteiger partial charge in [0.25, 0.3) is 0 Å². The van der Waals surface area contributed by atoms with Gasteiger partial charge in [0, 0.05) is 48.7 Å². The fraction of sp³-hybridized carbons (Fsp3) is 0.280. The normalized spacial score (nSPS) is 14.0. The molecule has 7 heteroatoms. The third-order valence-corrected chi connectivity index (χ3v) is 6.77. The molecule has 2 aromatic heterocycles. The second-order valence-corrected chi connectivity index (χ2v) is 8.85. The second-order valence-electron chi connectivity index (χ2n) is 7.82. The van der Waals surface area contributed by atoms with Gasteiger partial charge in [0.15, 0.2) is 0 Å². The van der Waals surface area contributed by atoms with E-state index in [2.05, 4.69) is 56.9 Å². The predicted octanol–water partition coefficient (Wildman–Crippen LogP) is 4.68. The van der Waals surface area contributed by atoms with Crippen LogP contribution in [0.2, 0.25) is 0 Å². The highest BCUT2D eigenvalue weighted by molar-refractivity contribution is 7.09. The quantitative estimate of drug-likeness (QED) is 0.446. The highest BCUT2D eigenvalue weighted by Crippen LogP contribution is 2.26. The Kier molecular flexibility index (Phi) is 6.07. The van der Waals surface area contributed by atoms with Crippen LogP contribution in [0.1, 0.15) is 4.88 Å². The molecule has 2 aromatic carbocycles. The Labute approximate surface area is 192 Å². The number of benzene rings is 2. The third kappa shape index (κ3) is 4.48. The SMILES string of the molecule is COc1ccc(N2CCN(c3nc(NCCc4cccs4)c4ccccc4n3)CC2)cc1. The van der Waals surface area contributed by atoms with E-state index in [1.54, 1.807) is 18.4 Å². The Hall–Kier alpha value is -3.32. The molecule has 1 fully saturated rings. The number of anilines is 3. The maximum atomic E-state index is 5.28. The van der Waals surface area contributed by atoms with Gasteiger partial charge in [0.2, 0.25) is 5.95 Å². The van der Waals surface area contributed by atoms with Crippen molar-refractivity contribution in [1.29, 1.82) is 0 Å². The molecule has 0 amide bonds. The topological polar surface area (TPSA) is 53.5 Å². The van der Waals surface area contributed by atoms with Crippen LogP contribution in [-0.2, 0) is 6.42 Å². The van der Waals surface area contributed by atoms with E-state index >= 15 is 0 Å². The summed E-state index contributed by atoms with van der Waals surface area (Å²) in [7, 11) is 1.70. The lowest BCUT2D eigenvalue weighted by Gasteiger charge is -2.36. The Morgan fingerprint density at radius 2 is 1.69 bits per heavy atom. The van der Waals surface area contributed by atoms with E-state index in [0.717, 1.165) is 67.6 Å². The van der Waals surface area contributed by atoms with Gasteiger partial charge in [-0.15, -0.1) is 11.3 Å². The molecule has 0 unspecified atom stereocenters. The summed E-state index contributed by atoms with van der Waals surface area (Å²) in [4.78, 5) is 15.9. The van der Waals surface area contributed by atoms with Gasteiger partial charge in [-0.2, -0.15) is 4.98 Å². The monoisotopic (exact) mass is 445 g/mol. The first-order chi connectivity index (χ1) is 15.8. The smallest absolute Gasteiger partial charge is 0.228 e. The number of aromatic nitrogens is 2. The van der Waals surface area contributed by atoms with Crippen LogP contribution in [0.3, 0.4) is 0 Å². The third-order valence-electron chi connectivity index (χ3n) is 5.84. The number of nitrogens with zero attached hydrogens (tertiary/aromatic N) is 4. The lowest BCUT2D eigenvalue weighted by atomic mass is 10.2. The van der Waals surface area contributed by atoms with Gasteiger partial charge in [0.1, 0.15) is 11.6 Å². The van der Waals surface area contributed by atoms with E-state index < -0.39 is 0 Å². The van der Waals surface area contributed by atoms with E-state index in [9.17, 15) is 0 Å². The van der Waals surface area contributed by atoms with E-state index in [0.29, 0.717) is 0 Å². The van der Waals surface area contributed by atoms with Crippen molar-refractivity contribution in [3.63, 3.8) is 0 Å². The van der Waals surface area contributed by atoms with Crippen molar-refractivity contribution in [2.24, 2.45) is 0 Å². The van der Waals surface area contributed by atoms with E-state index in [4.69, 9.17) is 14.7 Å². The lowest BCUT2D eigenvalue weighted by Crippen LogP contribution is -2.47. The number of piperazine rings is 1. The molecule has 1 saturated heterocycles. The standard InChI is InChI=1S/C25H27N5OS/c1-31-20-10-8-19(9-11-20)29-14-16-30(17-15-29)25-27-23-7-3-2-6-22(23)24(28-25)26-13-12-21-5-4-18-32-21/h2-11,18H,12-17H2,1H3,(H,26,27,28). The van der Waals surface area contributed by atoms with Crippen molar-refractivity contribution in [3.8, 4) is 5.75 Å². The molecule has 3 heterocycles. The Balaban J connectivity index is 1.30. The van der Waals surface area contributed by atoms with Crippen molar-refractivity contribution < 1.29 is 4.74 Å². The minimum absolute atomic E-state index is 0.803. The molecule has 0 saturated carbocycles. The van der Waals surface area contributed by atoms with Crippen LogP contribution in [0.25, 0.3) is 10.9 Å². The maximum absolute atomic E-state index is 5.28. The Morgan fingerprint density at radius 3 is 2.44 bits per heavy atom. The molecule has 0 atom stereocenters. The second kappa shape index (κ2) is 9.44. The molecule has 1 aliphatic heterocycles. The number of methoxy groups -OCH3 is 1. The molecular weight excluding hydrogens is 418 g/mol. The molecule has 0 radical (unpaired) electrons. The van der Waals surface area contributed by atoms with E-state index in [-0.39, 0.29) is 0 Å². The van der Waals surface area contributed by atoms with Crippen LogP contribution in [0.4, 0.5) is 17.5 Å². The van der Waals surface area contributed by atoms with Crippen molar-refractivity contribution in [2.45, 2.75) is 6.42 Å². The van der Waals surface area contributed by atoms with Gasteiger partial charge in [-0.1, -0.05) is 18.2 Å². The summed E-state index contributed by atoms with van der Waals surface area (Å²) in [6.07, 6.45) is 0.992. The fourth-order valence-electron chi connectivity index (χ4n) is 4.06. The molecule has 6 nitrogen and oxygen atoms in total. The summed E-state index contributed by atoms with van der Waals surface area (Å²) in [5, 5.41) is 6.75. The van der Waals surface area contributed by atoms with Gasteiger partial charge in [-0.05, 0) is 54.3 Å². The summed E-state index contributed by atoms with van der Waals surface area (Å²) in [6.45, 7) is 4.50. The number of rotatable bonds is 7. The highest BCUT2D eigenvalue weighted by Gasteiger charge is 2.20. The highest BCUT2D eigenvalue weighted by atomic mass is 32.1. The number of thiophene rings is 1. The molecular formula is C25H27N5OS. The molecule has 4 aromatic rings. The van der Waals surface area contributed by atoms with Gasteiger partial charge in [-0.25, -0.2) is 4.98 Å². The molecule has 1 aliphatic rings. The average Bonchev–Trinajstić information content (AvgIpc) is 3.38. The number of nitrogens with one attached hydrogen (secondary N) is 1. The average molecular weight is 446 g/mol. The first-order valence-electron chi connectivity index (χ1n) is 11.0. The summed E-state index contributed by atoms with van der Waals surface area (Å²) < 4.78 is 5.28. The Bertz CT molecular complexity index is 1150. The molecule has 164 valence electrons. The summed E-state index contributed by atoms with van der Waals surface area (Å²) >= 11 is 1.80. The van der Waals surface area contributed by atoms with E-state index in [1.165, 1.54) is 10.6 Å². The fourth-order valence-corrected chi connectivity index (χ4v) is 4.77. The molecule has 5 rings (SSSR count). The van der Waals surface area contributed by atoms with Crippen molar-refractivity contribution >= 4 is 39.7 Å². The minimum atomic E-state index is 0.803. The van der Waals surface area contributed by atoms with Crippen LogP contribution >= 0.6 is 11.3 Å².